The van der Waals surface area contributed by atoms with Crippen molar-refractivity contribution in [3.8, 4) is 0 Å². The van der Waals surface area contributed by atoms with E-state index in [1.165, 1.54) is 16.8 Å². The molecule has 1 atom stereocenters. The van der Waals surface area contributed by atoms with Crippen molar-refractivity contribution in [2.24, 2.45) is 0 Å². The standard InChI is InChI=1S/C11H22NSi.Zr/c1-5-12(4,11(2,3)13)10-8-6-7-9-10;/h6-8H,5,9H2,1-4,13H3;/q+1;. The van der Waals surface area contributed by atoms with Gasteiger partial charge in [0.1, 0.15) is 5.70 Å². The first-order chi connectivity index (χ1) is 5.92. The van der Waals surface area contributed by atoms with Crippen molar-refractivity contribution in [3.05, 3.63) is 23.9 Å². The van der Waals surface area contributed by atoms with Gasteiger partial charge in [0.05, 0.1) is 29.0 Å². The molecule has 0 aromatic rings. The van der Waals surface area contributed by atoms with Crippen LogP contribution in [0.4, 0.5) is 0 Å². The Bertz CT molecular complexity index is 253. The van der Waals surface area contributed by atoms with Crippen LogP contribution in [-0.2, 0) is 26.2 Å². The van der Waals surface area contributed by atoms with Crippen LogP contribution in [0.2, 0.25) is 0 Å². The van der Waals surface area contributed by atoms with Gasteiger partial charge in [0.2, 0.25) is 0 Å². The van der Waals surface area contributed by atoms with Crippen LogP contribution in [0.25, 0.3) is 0 Å². The number of allylic oxidation sites excluding steroid dienone is 3. The van der Waals surface area contributed by atoms with Crippen molar-refractivity contribution >= 4 is 10.2 Å². The summed E-state index contributed by atoms with van der Waals surface area (Å²) in [5, 5.41) is 0.437. The molecular formula is C11H22NSiZr+. The minimum absolute atomic E-state index is 0. The molecule has 1 aliphatic rings. The van der Waals surface area contributed by atoms with Crippen LogP contribution in [0.5, 0.6) is 0 Å². The van der Waals surface area contributed by atoms with Crippen LogP contribution in [0.3, 0.4) is 0 Å². The topological polar surface area (TPSA) is 0 Å². The maximum atomic E-state index is 2.38. The molecule has 0 bridgehead atoms. The van der Waals surface area contributed by atoms with Crippen molar-refractivity contribution in [2.45, 2.75) is 32.4 Å². The van der Waals surface area contributed by atoms with Crippen molar-refractivity contribution in [1.82, 2.24) is 0 Å². The molecule has 78 valence electrons. The van der Waals surface area contributed by atoms with E-state index in [1.54, 1.807) is 5.70 Å². The summed E-state index contributed by atoms with van der Waals surface area (Å²) in [6.07, 6.45) is 7.89. The molecule has 14 heavy (non-hydrogen) atoms. The van der Waals surface area contributed by atoms with Gasteiger partial charge in [0, 0.05) is 32.6 Å². The zero-order valence-corrected chi connectivity index (χ0v) is 14.6. The molecule has 1 aliphatic carbocycles. The third-order valence-corrected chi connectivity index (χ3v) is 4.49. The van der Waals surface area contributed by atoms with Gasteiger partial charge in [-0.3, -0.25) is 4.48 Å². The first-order valence-corrected chi connectivity index (χ1v) is 6.13. The van der Waals surface area contributed by atoms with Crippen LogP contribution in [0.15, 0.2) is 23.9 Å². The summed E-state index contributed by atoms with van der Waals surface area (Å²) in [4.78, 5) is 0. The van der Waals surface area contributed by atoms with Gasteiger partial charge in [-0.15, -0.1) is 0 Å². The Morgan fingerprint density at radius 1 is 1.50 bits per heavy atom. The molecule has 0 radical (unpaired) electrons. The van der Waals surface area contributed by atoms with Crippen molar-refractivity contribution < 1.29 is 30.7 Å². The van der Waals surface area contributed by atoms with Crippen molar-refractivity contribution in [3.63, 3.8) is 0 Å². The predicted octanol–water partition coefficient (Wildman–Crippen LogP) is 1.40. The van der Waals surface area contributed by atoms with E-state index in [9.17, 15) is 0 Å². The predicted molar refractivity (Wildman–Crippen MR) is 62.6 cm³/mol. The maximum absolute atomic E-state index is 2.38. The van der Waals surface area contributed by atoms with Gasteiger partial charge >= 0.3 is 0 Å². The SMILES string of the molecule is CC[N+](C)(C1=CC=CC1)C(C)(C)[SiH3].[Zr]. The summed E-state index contributed by atoms with van der Waals surface area (Å²) in [5.74, 6) is 0. The number of rotatable bonds is 3. The fraction of sp³-hybridized carbons (Fsp3) is 0.636. The quantitative estimate of drug-likeness (QED) is 0.544. The first-order valence-electron chi connectivity index (χ1n) is 5.13. The molecule has 0 spiro atoms. The Kier molecular flexibility index (Phi) is 5.24. The van der Waals surface area contributed by atoms with Crippen molar-refractivity contribution in [2.75, 3.05) is 13.6 Å². The Labute approximate surface area is 110 Å². The molecule has 0 aromatic carbocycles. The Morgan fingerprint density at radius 3 is 2.36 bits per heavy atom. The molecule has 1 rings (SSSR count). The number of nitrogens with zero attached hydrogens (tertiary/aromatic N) is 1. The Hall–Kier alpha value is 0.540. The van der Waals surface area contributed by atoms with E-state index in [4.69, 9.17) is 0 Å². The monoisotopic (exact) mass is 286 g/mol. The van der Waals surface area contributed by atoms with Gasteiger partial charge in [-0.05, 0) is 26.8 Å². The minimum atomic E-state index is 0. The zero-order valence-electron chi connectivity index (χ0n) is 10.1. The van der Waals surface area contributed by atoms with Gasteiger partial charge in [0.15, 0.2) is 0 Å². The van der Waals surface area contributed by atoms with Crippen LogP contribution in [-0.4, -0.2) is 33.5 Å². The smallest absolute Gasteiger partial charge is 0.112 e. The summed E-state index contributed by atoms with van der Waals surface area (Å²) in [5.41, 5.74) is 1.57. The van der Waals surface area contributed by atoms with E-state index in [2.05, 4.69) is 46.0 Å². The molecule has 0 aliphatic heterocycles. The Morgan fingerprint density at radius 2 is 2.07 bits per heavy atom. The molecule has 0 saturated heterocycles. The molecule has 0 fully saturated rings. The van der Waals surface area contributed by atoms with E-state index in [0.717, 1.165) is 10.9 Å². The molecule has 3 heteroatoms. The number of hydrogen-bond acceptors (Lipinski definition) is 0. The van der Waals surface area contributed by atoms with Crippen LogP contribution < -0.4 is 0 Å². The molecule has 1 nitrogen and oxygen atoms in total. The van der Waals surface area contributed by atoms with Crippen LogP contribution in [0.1, 0.15) is 27.2 Å². The largest absolute Gasteiger partial charge is 0.297 e. The number of hydrogen-bond donors (Lipinski definition) is 0. The molecule has 0 saturated carbocycles. The fourth-order valence-electron chi connectivity index (χ4n) is 1.91. The summed E-state index contributed by atoms with van der Waals surface area (Å²) < 4.78 is 1.12. The normalized spacial score (nSPS) is 20.1. The summed E-state index contributed by atoms with van der Waals surface area (Å²) >= 11 is 0. The second-order valence-electron chi connectivity index (χ2n) is 4.97. The maximum Gasteiger partial charge on any atom is 0.112 e. The molecule has 1 unspecified atom stereocenters. The van der Waals surface area contributed by atoms with Crippen LogP contribution in [0, 0.1) is 0 Å². The van der Waals surface area contributed by atoms with Gasteiger partial charge in [-0.1, -0.05) is 12.2 Å². The second kappa shape index (κ2) is 5.05. The van der Waals surface area contributed by atoms with Gasteiger partial charge in [-0.25, -0.2) is 0 Å². The van der Waals surface area contributed by atoms with E-state index in [-0.39, 0.29) is 26.2 Å². The fourth-order valence-corrected chi connectivity index (χ4v) is 2.51. The summed E-state index contributed by atoms with van der Waals surface area (Å²) in [6.45, 7) is 8.24. The van der Waals surface area contributed by atoms with Crippen LogP contribution >= 0.6 is 0 Å². The molecule has 0 aromatic heterocycles. The van der Waals surface area contributed by atoms with E-state index >= 15 is 0 Å². The Balaban J connectivity index is 0.00000169. The third-order valence-electron chi connectivity index (χ3n) is 3.50. The van der Waals surface area contributed by atoms with Gasteiger partial charge in [-0.2, -0.15) is 0 Å². The van der Waals surface area contributed by atoms with Gasteiger partial charge in [0.25, 0.3) is 0 Å². The minimum Gasteiger partial charge on any atom is -0.297 e. The molecule has 0 N–H and O–H groups in total. The van der Waals surface area contributed by atoms with E-state index < -0.39 is 0 Å². The average molecular weight is 288 g/mol. The second-order valence-corrected chi connectivity index (χ2v) is 7.42. The molecule has 0 amide bonds. The van der Waals surface area contributed by atoms with Gasteiger partial charge < -0.3 is 0 Å². The van der Waals surface area contributed by atoms with E-state index in [0.29, 0.717) is 5.16 Å². The summed E-state index contributed by atoms with van der Waals surface area (Å²) in [6, 6.07) is 0. The summed E-state index contributed by atoms with van der Waals surface area (Å²) in [7, 11) is 3.60. The first kappa shape index (κ1) is 14.5. The molecule has 0 heterocycles. The number of quaternary nitrogens is 1. The third kappa shape index (κ3) is 2.56. The van der Waals surface area contributed by atoms with Crippen molar-refractivity contribution in [1.29, 1.82) is 0 Å². The zero-order chi connectivity index (χ0) is 10.1. The molecular weight excluding hydrogens is 265 g/mol. The average Bonchev–Trinajstić information content (AvgIpc) is 2.52. The van der Waals surface area contributed by atoms with E-state index in [1.807, 2.05) is 0 Å².